The molecule has 0 amide bonds. The van der Waals surface area contributed by atoms with Gasteiger partial charge in [-0.3, -0.25) is 0 Å². The largest absolute Gasteiger partial charge is 0.490 e. The van der Waals surface area contributed by atoms with E-state index in [0.717, 1.165) is 170 Å². The Kier molecular flexibility index (Phi) is 26.5. The van der Waals surface area contributed by atoms with E-state index in [0.29, 0.717) is 39.6 Å². The lowest BCUT2D eigenvalue weighted by molar-refractivity contribution is 0.258. The van der Waals surface area contributed by atoms with Gasteiger partial charge in [-0.05, 0) is 114 Å². The fraction of sp³-hybridized carbons (Fsp3) is 0.679. The summed E-state index contributed by atoms with van der Waals surface area (Å²) in [5.74, 6) is 4.79. The molecule has 4 rings (SSSR count). The Morgan fingerprint density at radius 2 is 0.429 bits per heavy atom. The highest BCUT2D eigenvalue weighted by atomic mass is 16.5. The van der Waals surface area contributed by atoms with E-state index in [1.165, 1.54) is 64.2 Å². The molecular weight excluding hydrogens is 785 g/mol. The second-order valence-corrected chi connectivity index (χ2v) is 17.8. The van der Waals surface area contributed by atoms with Gasteiger partial charge in [0, 0.05) is 6.61 Å². The van der Waals surface area contributed by atoms with Gasteiger partial charge >= 0.3 is 0 Å². The lowest BCUT2D eigenvalue weighted by atomic mass is 9.93. The summed E-state index contributed by atoms with van der Waals surface area (Å²) in [5.41, 5.74) is 0. The van der Waals surface area contributed by atoms with E-state index in [-0.39, 0.29) is 6.61 Å². The number of aliphatic hydroxyl groups is 1. The van der Waals surface area contributed by atoms with Crippen LogP contribution in [0.15, 0.2) is 36.4 Å². The lowest BCUT2D eigenvalue weighted by Crippen LogP contribution is -2.05. The number of unbranched alkanes of at least 4 members (excludes halogenated alkanes) is 20. The highest BCUT2D eigenvalue weighted by molar-refractivity contribution is 6.26. The first-order valence-corrected chi connectivity index (χ1v) is 26.0. The second kappa shape index (κ2) is 32.1. The Morgan fingerprint density at radius 1 is 0.254 bits per heavy atom. The Balaban J connectivity index is 1.91. The minimum absolute atomic E-state index is 0.275. The van der Waals surface area contributed by atoms with E-state index < -0.39 is 0 Å². The van der Waals surface area contributed by atoms with E-state index in [2.05, 4.69) is 71.0 Å². The summed E-state index contributed by atoms with van der Waals surface area (Å²) >= 11 is 0. The second-order valence-electron chi connectivity index (χ2n) is 17.8. The van der Waals surface area contributed by atoms with Gasteiger partial charge in [0.1, 0.15) is 0 Å². The van der Waals surface area contributed by atoms with Crippen LogP contribution in [0.1, 0.15) is 202 Å². The van der Waals surface area contributed by atoms with Gasteiger partial charge < -0.3 is 33.5 Å². The molecule has 0 bridgehead atoms. The SMILES string of the molecule is CCCCCCOc1cc2c3cc(OCCCCCC)c(OCCCCCC)cc3c3cc(OCCCCCCCCO)c(OCCCCCC)cc3c2cc1OCCCCCC. The average Bonchev–Trinajstić information content (AvgIpc) is 3.29. The van der Waals surface area contributed by atoms with Gasteiger partial charge in [-0.2, -0.15) is 0 Å². The molecule has 63 heavy (non-hydrogen) atoms. The smallest absolute Gasteiger partial charge is 0.161 e. The molecule has 0 saturated carbocycles. The van der Waals surface area contributed by atoms with Crippen molar-refractivity contribution in [2.45, 2.75) is 202 Å². The van der Waals surface area contributed by atoms with Crippen LogP contribution in [0.5, 0.6) is 34.5 Å². The first-order chi connectivity index (χ1) is 31.1. The van der Waals surface area contributed by atoms with Crippen molar-refractivity contribution in [1.82, 2.24) is 0 Å². The summed E-state index contributed by atoms with van der Waals surface area (Å²) in [4.78, 5) is 0. The maximum absolute atomic E-state index is 9.20. The third-order valence-corrected chi connectivity index (χ3v) is 12.2. The first kappa shape index (κ1) is 52.0. The van der Waals surface area contributed by atoms with Gasteiger partial charge in [0.2, 0.25) is 0 Å². The lowest BCUT2D eigenvalue weighted by Gasteiger charge is -2.21. The molecule has 354 valence electrons. The third-order valence-electron chi connectivity index (χ3n) is 12.2. The first-order valence-electron chi connectivity index (χ1n) is 26.0. The van der Waals surface area contributed by atoms with E-state index in [1.54, 1.807) is 0 Å². The molecule has 1 N–H and O–H groups in total. The summed E-state index contributed by atoms with van der Waals surface area (Å²) in [7, 11) is 0. The molecule has 0 aliphatic heterocycles. The van der Waals surface area contributed by atoms with E-state index in [9.17, 15) is 5.11 Å². The maximum atomic E-state index is 9.20. The fourth-order valence-electron chi connectivity index (χ4n) is 8.35. The molecule has 4 aromatic rings. The molecule has 0 aromatic heterocycles. The molecule has 0 saturated heterocycles. The number of aliphatic hydroxyl groups excluding tert-OH is 1. The number of rotatable bonds is 39. The van der Waals surface area contributed by atoms with Crippen molar-refractivity contribution in [2.75, 3.05) is 46.2 Å². The highest BCUT2D eigenvalue weighted by Crippen LogP contribution is 2.47. The molecule has 0 heterocycles. The van der Waals surface area contributed by atoms with Crippen LogP contribution in [0.2, 0.25) is 0 Å². The van der Waals surface area contributed by atoms with Crippen LogP contribution in [0, 0.1) is 0 Å². The van der Waals surface area contributed by atoms with Crippen molar-refractivity contribution in [3.8, 4) is 34.5 Å². The molecular formula is C56H88O7. The van der Waals surface area contributed by atoms with Gasteiger partial charge in [0.05, 0.1) is 39.6 Å². The molecule has 0 aliphatic rings. The zero-order chi connectivity index (χ0) is 44.7. The molecule has 0 radical (unpaired) electrons. The molecule has 7 nitrogen and oxygen atoms in total. The van der Waals surface area contributed by atoms with E-state index in [4.69, 9.17) is 28.4 Å². The van der Waals surface area contributed by atoms with Crippen molar-refractivity contribution in [3.05, 3.63) is 36.4 Å². The normalized spacial score (nSPS) is 11.5. The Hall–Kier alpha value is -3.58. The van der Waals surface area contributed by atoms with Crippen LogP contribution in [-0.4, -0.2) is 51.4 Å². The fourth-order valence-corrected chi connectivity index (χ4v) is 8.35. The van der Waals surface area contributed by atoms with E-state index >= 15 is 0 Å². The van der Waals surface area contributed by atoms with Crippen LogP contribution in [0.4, 0.5) is 0 Å². The highest BCUT2D eigenvalue weighted by Gasteiger charge is 2.21. The monoisotopic (exact) mass is 873 g/mol. The molecule has 0 fully saturated rings. The van der Waals surface area contributed by atoms with Gasteiger partial charge in [-0.25, -0.2) is 0 Å². The summed E-state index contributed by atoms with van der Waals surface area (Å²) in [6, 6.07) is 13.3. The number of hydrogen-bond acceptors (Lipinski definition) is 7. The number of benzene rings is 4. The quantitative estimate of drug-likeness (QED) is 0.0353. The molecule has 0 unspecified atom stereocenters. The van der Waals surface area contributed by atoms with Gasteiger partial charge in [0.25, 0.3) is 0 Å². The maximum Gasteiger partial charge on any atom is 0.161 e. The van der Waals surface area contributed by atoms with Gasteiger partial charge in [-0.1, -0.05) is 157 Å². The van der Waals surface area contributed by atoms with Crippen molar-refractivity contribution in [2.24, 2.45) is 0 Å². The Morgan fingerprint density at radius 3 is 0.619 bits per heavy atom. The van der Waals surface area contributed by atoms with Crippen LogP contribution in [0.25, 0.3) is 32.3 Å². The number of hydrogen-bond donors (Lipinski definition) is 1. The van der Waals surface area contributed by atoms with Crippen LogP contribution < -0.4 is 28.4 Å². The van der Waals surface area contributed by atoms with Gasteiger partial charge in [0.15, 0.2) is 34.5 Å². The summed E-state index contributed by atoms with van der Waals surface area (Å²) in [6.07, 6.45) is 29.2. The summed E-state index contributed by atoms with van der Waals surface area (Å²) in [5, 5.41) is 15.8. The van der Waals surface area contributed by atoms with Crippen molar-refractivity contribution < 1.29 is 33.5 Å². The molecule has 7 heteroatoms. The molecule has 4 aromatic carbocycles. The van der Waals surface area contributed by atoms with Crippen molar-refractivity contribution >= 4 is 32.3 Å². The predicted octanol–water partition coefficient (Wildman–Crippen LogP) is 16.7. The standard InChI is InChI=1S/C56H88O7/c1-6-11-16-26-33-58-51-39-45-46-40-52(59-34-27-17-12-7-2)54(61-36-29-19-14-9-4)42-48(46)50-44-56(63-38-31-24-22-21-23-25-32-57)55(62-37-30-20-15-10-5)43-49(50)47(45)41-53(51)60-35-28-18-13-8-3/h39-44,57H,6-38H2,1-5H3. The minimum atomic E-state index is 0.275. The predicted molar refractivity (Wildman–Crippen MR) is 267 cm³/mol. The van der Waals surface area contributed by atoms with Crippen LogP contribution in [-0.2, 0) is 0 Å². The Labute approximate surface area is 383 Å². The average molecular weight is 873 g/mol. The number of fused-ring (bicyclic) bond motifs is 6. The van der Waals surface area contributed by atoms with Crippen LogP contribution in [0.3, 0.4) is 0 Å². The Bertz CT molecular complexity index is 1770. The third kappa shape index (κ3) is 18.1. The molecule has 0 atom stereocenters. The van der Waals surface area contributed by atoms with Crippen molar-refractivity contribution in [1.29, 1.82) is 0 Å². The van der Waals surface area contributed by atoms with Crippen LogP contribution >= 0.6 is 0 Å². The van der Waals surface area contributed by atoms with Crippen molar-refractivity contribution in [3.63, 3.8) is 0 Å². The summed E-state index contributed by atoms with van der Waals surface area (Å²) in [6.45, 7) is 15.4. The topological polar surface area (TPSA) is 75.6 Å². The van der Waals surface area contributed by atoms with E-state index in [1.807, 2.05) is 0 Å². The number of ether oxygens (including phenoxy) is 6. The molecule has 0 spiro atoms. The zero-order valence-corrected chi connectivity index (χ0v) is 40.7. The molecule has 0 aliphatic carbocycles. The minimum Gasteiger partial charge on any atom is -0.490 e. The summed E-state index contributed by atoms with van der Waals surface area (Å²) < 4.78 is 40.0. The van der Waals surface area contributed by atoms with Gasteiger partial charge in [-0.15, -0.1) is 0 Å². The zero-order valence-electron chi connectivity index (χ0n) is 40.7.